The minimum atomic E-state index is -0.110. The Morgan fingerprint density at radius 2 is 2.20 bits per heavy atom. The summed E-state index contributed by atoms with van der Waals surface area (Å²) < 4.78 is 5.42. The SMILES string of the molecule is COc1ccc(C#CCO)cc1CN(C)CC1CC1C. The lowest BCUT2D eigenvalue weighted by molar-refractivity contribution is 0.300. The molecule has 2 rings (SSSR count). The second-order valence-corrected chi connectivity index (χ2v) is 5.66. The molecule has 1 N–H and O–H groups in total. The Kier molecular flexibility index (Phi) is 5.05. The Labute approximate surface area is 121 Å². The average Bonchev–Trinajstić information content (AvgIpc) is 3.11. The van der Waals surface area contributed by atoms with Crippen molar-refractivity contribution in [3.63, 3.8) is 0 Å². The third-order valence-electron chi connectivity index (χ3n) is 3.85. The number of hydrogen-bond donors (Lipinski definition) is 1. The van der Waals surface area contributed by atoms with Gasteiger partial charge in [0.2, 0.25) is 0 Å². The van der Waals surface area contributed by atoms with Crippen molar-refractivity contribution in [2.24, 2.45) is 11.8 Å². The van der Waals surface area contributed by atoms with Gasteiger partial charge in [0.15, 0.2) is 0 Å². The molecule has 0 aromatic heterocycles. The summed E-state index contributed by atoms with van der Waals surface area (Å²) in [5.74, 6) is 8.25. The van der Waals surface area contributed by atoms with Crippen LogP contribution in [0.1, 0.15) is 24.5 Å². The molecule has 0 spiro atoms. The maximum absolute atomic E-state index is 8.77. The van der Waals surface area contributed by atoms with E-state index in [9.17, 15) is 0 Å². The van der Waals surface area contributed by atoms with Crippen LogP contribution in [0.4, 0.5) is 0 Å². The maximum Gasteiger partial charge on any atom is 0.123 e. The molecule has 1 aliphatic rings. The number of aliphatic hydroxyl groups is 1. The van der Waals surface area contributed by atoms with Crippen molar-refractivity contribution in [2.75, 3.05) is 27.3 Å². The molecule has 0 heterocycles. The van der Waals surface area contributed by atoms with E-state index in [2.05, 4.69) is 30.7 Å². The van der Waals surface area contributed by atoms with E-state index in [1.807, 2.05) is 18.2 Å². The molecule has 0 aliphatic heterocycles. The van der Waals surface area contributed by atoms with Crippen molar-refractivity contribution in [3.05, 3.63) is 29.3 Å². The summed E-state index contributed by atoms with van der Waals surface area (Å²) in [4.78, 5) is 2.34. The number of benzene rings is 1. The standard InChI is InChI=1S/C17H23NO2/c1-13-9-15(13)11-18(2)12-16-10-14(5-4-8-19)6-7-17(16)20-3/h6-7,10,13,15,19H,8-9,11-12H2,1-3H3. The minimum absolute atomic E-state index is 0.110. The molecule has 3 heteroatoms. The van der Waals surface area contributed by atoms with Crippen molar-refractivity contribution in [1.82, 2.24) is 4.90 Å². The predicted molar refractivity (Wildman–Crippen MR) is 80.6 cm³/mol. The fourth-order valence-electron chi connectivity index (χ4n) is 2.53. The highest BCUT2D eigenvalue weighted by Crippen LogP contribution is 2.38. The first kappa shape index (κ1) is 14.9. The van der Waals surface area contributed by atoms with Crippen molar-refractivity contribution in [1.29, 1.82) is 0 Å². The molecule has 108 valence electrons. The topological polar surface area (TPSA) is 32.7 Å². The van der Waals surface area contributed by atoms with E-state index < -0.39 is 0 Å². The zero-order valence-corrected chi connectivity index (χ0v) is 12.5. The second-order valence-electron chi connectivity index (χ2n) is 5.66. The number of ether oxygens (including phenoxy) is 1. The first-order valence-corrected chi connectivity index (χ1v) is 7.09. The third kappa shape index (κ3) is 4.00. The molecule has 2 atom stereocenters. The molecule has 1 fully saturated rings. The van der Waals surface area contributed by atoms with Gasteiger partial charge >= 0.3 is 0 Å². The van der Waals surface area contributed by atoms with E-state index in [1.165, 1.54) is 6.42 Å². The van der Waals surface area contributed by atoms with Crippen LogP contribution in [0.5, 0.6) is 5.75 Å². The van der Waals surface area contributed by atoms with Gasteiger partial charge in [0.05, 0.1) is 7.11 Å². The second kappa shape index (κ2) is 6.78. The van der Waals surface area contributed by atoms with Crippen LogP contribution in [-0.2, 0) is 6.54 Å². The average molecular weight is 273 g/mol. The van der Waals surface area contributed by atoms with Gasteiger partial charge in [0.1, 0.15) is 12.4 Å². The maximum atomic E-state index is 8.77. The summed E-state index contributed by atoms with van der Waals surface area (Å²) in [5.41, 5.74) is 2.07. The Morgan fingerprint density at radius 1 is 1.45 bits per heavy atom. The Hall–Kier alpha value is -1.50. The molecule has 2 unspecified atom stereocenters. The highest BCUT2D eigenvalue weighted by Gasteiger charge is 2.33. The van der Waals surface area contributed by atoms with Gasteiger partial charge in [-0.3, -0.25) is 0 Å². The summed E-state index contributed by atoms with van der Waals surface area (Å²) in [6.07, 6.45) is 1.35. The lowest BCUT2D eigenvalue weighted by Gasteiger charge is -2.18. The molecule has 1 aromatic rings. The first-order chi connectivity index (χ1) is 9.63. The van der Waals surface area contributed by atoms with Gasteiger partial charge in [-0.25, -0.2) is 0 Å². The minimum Gasteiger partial charge on any atom is -0.496 e. The van der Waals surface area contributed by atoms with E-state index in [4.69, 9.17) is 9.84 Å². The molecule has 3 nitrogen and oxygen atoms in total. The van der Waals surface area contributed by atoms with E-state index in [0.717, 1.165) is 41.8 Å². The summed E-state index contributed by atoms with van der Waals surface area (Å²) in [6, 6.07) is 5.92. The summed E-state index contributed by atoms with van der Waals surface area (Å²) in [7, 11) is 3.84. The highest BCUT2D eigenvalue weighted by molar-refractivity contribution is 5.44. The Morgan fingerprint density at radius 3 is 2.80 bits per heavy atom. The van der Waals surface area contributed by atoms with Crippen LogP contribution in [0.15, 0.2) is 18.2 Å². The van der Waals surface area contributed by atoms with Gasteiger partial charge in [-0.1, -0.05) is 18.8 Å². The van der Waals surface area contributed by atoms with Gasteiger partial charge in [-0.05, 0) is 43.5 Å². The molecule has 1 saturated carbocycles. The molecular weight excluding hydrogens is 250 g/mol. The summed E-state index contributed by atoms with van der Waals surface area (Å²) in [6.45, 7) is 4.20. The molecule has 0 bridgehead atoms. The largest absolute Gasteiger partial charge is 0.496 e. The predicted octanol–water partition coefficient (Wildman–Crippen LogP) is 2.13. The smallest absolute Gasteiger partial charge is 0.123 e. The summed E-state index contributed by atoms with van der Waals surface area (Å²) in [5, 5.41) is 8.77. The molecule has 0 amide bonds. The van der Waals surface area contributed by atoms with Crippen molar-refractivity contribution in [3.8, 4) is 17.6 Å². The highest BCUT2D eigenvalue weighted by atomic mass is 16.5. The van der Waals surface area contributed by atoms with Crippen molar-refractivity contribution in [2.45, 2.75) is 19.9 Å². The Bertz CT molecular complexity index is 515. The number of aliphatic hydroxyl groups excluding tert-OH is 1. The molecular formula is C17H23NO2. The van der Waals surface area contributed by atoms with E-state index in [1.54, 1.807) is 7.11 Å². The van der Waals surface area contributed by atoms with Crippen molar-refractivity contribution >= 4 is 0 Å². The van der Waals surface area contributed by atoms with Crippen LogP contribution in [0.3, 0.4) is 0 Å². The fraction of sp³-hybridized carbons (Fsp3) is 0.529. The van der Waals surface area contributed by atoms with Gasteiger partial charge in [0, 0.05) is 24.2 Å². The quantitative estimate of drug-likeness (QED) is 0.834. The summed E-state index contributed by atoms with van der Waals surface area (Å²) >= 11 is 0. The fourth-order valence-corrected chi connectivity index (χ4v) is 2.53. The Balaban J connectivity index is 2.07. The number of methoxy groups -OCH3 is 1. The third-order valence-corrected chi connectivity index (χ3v) is 3.85. The van der Waals surface area contributed by atoms with Crippen molar-refractivity contribution < 1.29 is 9.84 Å². The zero-order valence-electron chi connectivity index (χ0n) is 12.5. The first-order valence-electron chi connectivity index (χ1n) is 7.09. The molecule has 0 saturated heterocycles. The van der Waals surface area contributed by atoms with Crippen LogP contribution in [-0.4, -0.2) is 37.3 Å². The molecule has 1 aliphatic carbocycles. The van der Waals surface area contributed by atoms with Gasteiger partial charge < -0.3 is 14.7 Å². The number of hydrogen-bond acceptors (Lipinski definition) is 3. The van der Waals surface area contributed by atoms with Gasteiger partial charge in [-0.15, -0.1) is 0 Å². The lowest BCUT2D eigenvalue weighted by atomic mass is 10.1. The van der Waals surface area contributed by atoms with E-state index >= 15 is 0 Å². The van der Waals surface area contributed by atoms with Crippen LogP contribution in [0.2, 0.25) is 0 Å². The molecule has 20 heavy (non-hydrogen) atoms. The van der Waals surface area contributed by atoms with Crippen LogP contribution >= 0.6 is 0 Å². The number of rotatable bonds is 5. The van der Waals surface area contributed by atoms with E-state index in [-0.39, 0.29) is 6.61 Å². The van der Waals surface area contributed by atoms with Crippen LogP contribution < -0.4 is 4.74 Å². The number of nitrogens with zero attached hydrogens (tertiary/aromatic N) is 1. The van der Waals surface area contributed by atoms with Gasteiger partial charge in [-0.2, -0.15) is 0 Å². The van der Waals surface area contributed by atoms with Gasteiger partial charge in [0.25, 0.3) is 0 Å². The van der Waals surface area contributed by atoms with E-state index in [0.29, 0.717) is 0 Å². The van der Waals surface area contributed by atoms with Crippen LogP contribution in [0.25, 0.3) is 0 Å². The van der Waals surface area contributed by atoms with Crippen LogP contribution in [0, 0.1) is 23.7 Å². The monoisotopic (exact) mass is 273 g/mol. The lowest BCUT2D eigenvalue weighted by Crippen LogP contribution is -2.21. The zero-order chi connectivity index (χ0) is 14.5. The molecule has 1 aromatic carbocycles. The normalized spacial score (nSPS) is 20.4. The molecule has 0 radical (unpaired) electrons.